The summed E-state index contributed by atoms with van der Waals surface area (Å²) in [6, 6.07) is 9.82. The average Bonchev–Trinajstić information content (AvgIpc) is 3.12. The molecule has 0 amide bonds. The summed E-state index contributed by atoms with van der Waals surface area (Å²) < 4.78 is 2.10. The van der Waals surface area contributed by atoms with Crippen LogP contribution in [-0.4, -0.2) is 14.5 Å². The molecule has 3 rings (SSSR count). The van der Waals surface area contributed by atoms with Crippen molar-refractivity contribution in [3.63, 3.8) is 0 Å². The summed E-state index contributed by atoms with van der Waals surface area (Å²) in [5, 5.41) is 12.0. The van der Waals surface area contributed by atoms with Crippen LogP contribution >= 0.6 is 11.3 Å². The zero-order chi connectivity index (χ0) is 13.8. The average molecular weight is 280 g/mol. The van der Waals surface area contributed by atoms with Gasteiger partial charge < -0.3 is 4.57 Å². The number of thiazole rings is 1. The molecule has 2 aromatic heterocycles. The molecule has 0 spiro atoms. The molecule has 0 bridgehead atoms. The van der Waals surface area contributed by atoms with Gasteiger partial charge in [0, 0.05) is 30.5 Å². The van der Waals surface area contributed by atoms with E-state index in [9.17, 15) is 0 Å². The normalized spacial score (nSPS) is 10.3. The van der Waals surface area contributed by atoms with Crippen LogP contribution in [-0.2, 0) is 13.0 Å². The summed E-state index contributed by atoms with van der Waals surface area (Å²) in [5.41, 5.74) is 1.78. The maximum atomic E-state index is 8.94. The van der Waals surface area contributed by atoms with Crippen molar-refractivity contribution in [2.45, 2.75) is 13.0 Å². The minimum absolute atomic E-state index is 0.684. The molecule has 0 aliphatic rings. The highest BCUT2D eigenvalue weighted by molar-refractivity contribution is 7.09. The van der Waals surface area contributed by atoms with Crippen LogP contribution in [0, 0.1) is 11.3 Å². The lowest BCUT2D eigenvalue weighted by atomic mass is 10.1. The van der Waals surface area contributed by atoms with Gasteiger partial charge in [0.1, 0.15) is 5.82 Å². The van der Waals surface area contributed by atoms with E-state index in [0.717, 1.165) is 29.4 Å². The fraction of sp³-hybridized carbons (Fsp3) is 0.133. The van der Waals surface area contributed by atoms with E-state index < -0.39 is 0 Å². The van der Waals surface area contributed by atoms with Crippen LogP contribution in [0.15, 0.2) is 48.2 Å². The van der Waals surface area contributed by atoms with Gasteiger partial charge in [-0.05, 0) is 17.7 Å². The van der Waals surface area contributed by atoms with Crippen LogP contribution in [0.2, 0.25) is 0 Å². The quantitative estimate of drug-likeness (QED) is 0.738. The van der Waals surface area contributed by atoms with Crippen molar-refractivity contribution >= 4 is 11.3 Å². The van der Waals surface area contributed by atoms with Crippen molar-refractivity contribution in [1.82, 2.24) is 14.5 Å². The largest absolute Gasteiger partial charge is 0.330 e. The lowest BCUT2D eigenvalue weighted by molar-refractivity contribution is 0.739. The third-order valence-electron chi connectivity index (χ3n) is 3.00. The van der Waals surface area contributed by atoms with E-state index in [1.807, 2.05) is 42.0 Å². The number of hydrogen-bond acceptors (Lipinski definition) is 4. The first kappa shape index (κ1) is 12.6. The van der Waals surface area contributed by atoms with Crippen LogP contribution in [0.25, 0.3) is 0 Å². The molecule has 0 atom stereocenters. The molecular formula is C15H12N4S. The Morgan fingerprint density at radius 1 is 1.25 bits per heavy atom. The van der Waals surface area contributed by atoms with E-state index in [1.54, 1.807) is 17.5 Å². The molecule has 20 heavy (non-hydrogen) atoms. The highest BCUT2D eigenvalue weighted by Crippen LogP contribution is 2.13. The van der Waals surface area contributed by atoms with Crippen LogP contribution in [0.4, 0.5) is 0 Å². The fourth-order valence-corrected chi connectivity index (χ4v) is 2.68. The van der Waals surface area contributed by atoms with Crippen molar-refractivity contribution in [3.8, 4) is 6.07 Å². The molecule has 0 radical (unpaired) electrons. The molecule has 98 valence electrons. The van der Waals surface area contributed by atoms with Gasteiger partial charge in [-0.3, -0.25) is 0 Å². The Morgan fingerprint density at radius 3 is 3.00 bits per heavy atom. The molecule has 1 aromatic carbocycles. The molecule has 0 unspecified atom stereocenters. The second kappa shape index (κ2) is 5.68. The van der Waals surface area contributed by atoms with Crippen LogP contribution in [0.1, 0.15) is 22.0 Å². The first-order valence-corrected chi connectivity index (χ1v) is 7.10. The molecule has 0 aliphatic heterocycles. The van der Waals surface area contributed by atoms with Crippen LogP contribution in [0.5, 0.6) is 0 Å². The second-order valence-electron chi connectivity index (χ2n) is 4.39. The van der Waals surface area contributed by atoms with E-state index in [-0.39, 0.29) is 0 Å². The predicted molar refractivity (Wildman–Crippen MR) is 77.4 cm³/mol. The van der Waals surface area contributed by atoms with Crippen molar-refractivity contribution < 1.29 is 0 Å². The van der Waals surface area contributed by atoms with Gasteiger partial charge >= 0.3 is 0 Å². The van der Waals surface area contributed by atoms with Crippen molar-refractivity contribution in [2.75, 3.05) is 0 Å². The Bertz CT molecular complexity index is 737. The topological polar surface area (TPSA) is 54.5 Å². The number of hydrogen-bond donors (Lipinski definition) is 0. The van der Waals surface area contributed by atoms with Gasteiger partial charge in [-0.1, -0.05) is 12.1 Å². The van der Waals surface area contributed by atoms with Crippen molar-refractivity contribution in [2.24, 2.45) is 0 Å². The molecule has 0 saturated heterocycles. The molecule has 5 heteroatoms. The van der Waals surface area contributed by atoms with Gasteiger partial charge in [0.2, 0.25) is 0 Å². The first-order chi connectivity index (χ1) is 9.85. The number of benzene rings is 1. The Labute approximate surface area is 121 Å². The summed E-state index contributed by atoms with van der Waals surface area (Å²) in [7, 11) is 0. The summed E-state index contributed by atoms with van der Waals surface area (Å²) in [5.74, 6) is 0.988. The molecule has 0 saturated carbocycles. The van der Waals surface area contributed by atoms with Gasteiger partial charge in [0.15, 0.2) is 0 Å². The second-order valence-corrected chi connectivity index (χ2v) is 5.37. The lowest BCUT2D eigenvalue weighted by Gasteiger charge is -2.07. The van der Waals surface area contributed by atoms with Gasteiger partial charge in [-0.15, -0.1) is 11.3 Å². The minimum atomic E-state index is 0.684. The van der Waals surface area contributed by atoms with Gasteiger partial charge in [-0.2, -0.15) is 5.26 Å². The summed E-state index contributed by atoms with van der Waals surface area (Å²) in [6.45, 7) is 0.718. The highest BCUT2D eigenvalue weighted by atomic mass is 32.1. The highest BCUT2D eigenvalue weighted by Gasteiger charge is 2.06. The van der Waals surface area contributed by atoms with Gasteiger partial charge in [0.05, 0.1) is 23.1 Å². The third kappa shape index (κ3) is 2.76. The SMILES string of the molecule is N#Cc1cccc(Cn2ccnc2Cc2nccs2)c1. The monoisotopic (exact) mass is 280 g/mol. The number of nitriles is 1. The molecule has 0 fully saturated rings. The summed E-state index contributed by atoms with van der Waals surface area (Å²) in [4.78, 5) is 8.68. The Balaban J connectivity index is 1.81. The number of imidazole rings is 1. The molecule has 0 aliphatic carbocycles. The van der Waals surface area contributed by atoms with Gasteiger partial charge in [0.25, 0.3) is 0 Å². The minimum Gasteiger partial charge on any atom is -0.330 e. The zero-order valence-corrected chi connectivity index (χ0v) is 11.5. The molecule has 2 heterocycles. The van der Waals surface area contributed by atoms with E-state index >= 15 is 0 Å². The van der Waals surface area contributed by atoms with Crippen LogP contribution in [0.3, 0.4) is 0 Å². The number of aromatic nitrogens is 3. The van der Waals surface area contributed by atoms with E-state index in [2.05, 4.69) is 20.6 Å². The van der Waals surface area contributed by atoms with E-state index in [0.29, 0.717) is 5.56 Å². The Hall–Kier alpha value is -2.45. The molecular weight excluding hydrogens is 268 g/mol. The Kier molecular flexibility index (Phi) is 3.57. The van der Waals surface area contributed by atoms with Crippen molar-refractivity contribution in [1.29, 1.82) is 5.26 Å². The summed E-state index contributed by atoms with van der Waals surface area (Å²) in [6.07, 6.45) is 6.31. The molecule has 0 N–H and O–H groups in total. The van der Waals surface area contributed by atoms with E-state index in [4.69, 9.17) is 5.26 Å². The summed E-state index contributed by atoms with van der Waals surface area (Å²) >= 11 is 1.63. The fourth-order valence-electron chi connectivity index (χ4n) is 2.06. The molecule has 3 aromatic rings. The first-order valence-electron chi connectivity index (χ1n) is 6.22. The maximum Gasteiger partial charge on any atom is 0.115 e. The van der Waals surface area contributed by atoms with E-state index in [1.165, 1.54) is 0 Å². The number of rotatable bonds is 4. The third-order valence-corrected chi connectivity index (χ3v) is 3.78. The van der Waals surface area contributed by atoms with Crippen molar-refractivity contribution in [3.05, 3.63) is 70.2 Å². The van der Waals surface area contributed by atoms with Crippen LogP contribution < -0.4 is 0 Å². The number of nitrogens with zero attached hydrogens (tertiary/aromatic N) is 4. The lowest BCUT2D eigenvalue weighted by Crippen LogP contribution is -2.05. The smallest absolute Gasteiger partial charge is 0.115 e. The molecule has 4 nitrogen and oxygen atoms in total. The zero-order valence-electron chi connectivity index (χ0n) is 10.7. The predicted octanol–water partition coefficient (Wildman–Crippen LogP) is 2.85. The van der Waals surface area contributed by atoms with Gasteiger partial charge in [-0.25, -0.2) is 9.97 Å². The maximum absolute atomic E-state index is 8.94. The standard InChI is InChI=1S/C15H12N4S/c16-10-12-2-1-3-13(8-12)11-19-6-4-17-14(19)9-15-18-5-7-20-15/h1-8H,9,11H2. The Morgan fingerprint density at radius 2 is 2.20 bits per heavy atom.